The zero-order valence-corrected chi connectivity index (χ0v) is 11.0. The van der Waals surface area contributed by atoms with Crippen LogP contribution < -0.4 is 10.6 Å². The average molecular weight is 261 g/mol. The summed E-state index contributed by atoms with van der Waals surface area (Å²) in [6.45, 7) is 4.26. The molecule has 5 heteroatoms. The number of carbonyl (C=O) groups excluding carboxylic acids is 1. The first-order chi connectivity index (χ1) is 7.54. The Bertz CT molecular complexity index is 385. The molecule has 0 saturated heterocycles. The molecular weight excluding hydrogens is 243 g/mol. The van der Waals surface area contributed by atoms with Crippen molar-refractivity contribution in [2.24, 2.45) is 0 Å². The molecule has 0 aromatic heterocycles. The number of aryl methyl sites for hydroxylation is 1. The Hall–Kier alpha value is -1.13. The summed E-state index contributed by atoms with van der Waals surface area (Å²) in [7, 11) is 1.82. The Kier molecular flexibility index (Phi) is 6.76. The van der Waals surface area contributed by atoms with Crippen molar-refractivity contribution >= 4 is 18.3 Å². The molecular formula is C12H18ClFN2O. The molecule has 0 radical (unpaired) electrons. The molecule has 0 saturated carbocycles. The molecule has 0 fully saturated rings. The molecule has 1 rings (SSSR count). The third kappa shape index (κ3) is 4.71. The Labute approximate surface area is 107 Å². The topological polar surface area (TPSA) is 41.1 Å². The van der Waals surface area contributed by atoms with E-state index in [9.17, 15) is 9.18 Å². The summed E-state index contributed by atoms with van der Waals surface area (Å²) in [5.74, 6) is -0.628. The Morgan fingerprint density at radius 3 is 2.71 bits per heavy atom. The lowest BCUT2D eigenvalue weighted by Gasteiger charge is -2.12. The minimum Gasteiger partial charge on any atom is -0.350 e. The van der Waals surface area contributed by atoms with Crippen LogP contribution >= 0.6 is 12.4 Å². The highest BCUT2D eigenvalue weighted by atomic mass is 35.5. The summed E-state index contributed by atoms with van der Waals surface area (Å²) in [6, 6.07) is 4.40. The third-order valence-electron chi connectivity index (χ3n) is 2.51. The van der Waals surface area contributed by atoms with Crippen LogP contribution in [0.15, 0.2) is 18.2 Å². The predicted molar refractivity (Wildman–Crippen MR) is 69.2 cm³/mol. The van der Waals surface area contributed by atoms with E-state index in [0.717, 1.165) is 5.56 Å². The number of halogens is 2. The molecule has 2 N–H and O–H groups in total. The zero-order chi connectivity index (χ0) is 12.1. The monoisotopic (exact) mass is 260 g/mol. The summed E-state index contributed by atoms with van der Waals surface area (Å²) in [6.07, 6.45) is 0. The fourth-order valence-electron chi connectivity index (χ4n) is 1.28. The van der Waals surface area contributed by atoms with Gasteiger partial charge in [-0.25, -0.2) is 4.39 Å². The molecule has 0 spiro atoms. The smallest absolute Gasteiger partial charge is 0.251 e. The van der Waals surface area contributed by atoms with Crippen molar-refractivity contribution in [3.05, 3.63) is 35.1 Å². The van der Waals surface area contributed by atoms with Crippen molar-refractivity contribution in [3.63, 3.8) is 0 Å². The van der Waals surface area contributed by atoms with E-state index in [2.05, 4.69) is 10.6 Å². The number of amides is 1. The van der Waals surface area contributed by atoms with Gasteiger partial charge in [-0.05, 0) is 38.6 Å². The normalized spacial score (nSPS) is 11.5. The quantitative estimate of drug-likeness (QED) is 0.868. The third-order valence-corrected chi connectivity index (χ3v) is 2.51. The van der Waals surface area contributed by atoms with Crippen LogP contribution in [0.3, 0.4) is 0 Å². The molecule has 96 valence electrons. The fourth-order valence-corrected chi connectivity index (χ4v) is 1.28. The first-order valence-electron chi connectivity index (χ1n) is 5.26. The Morgan fingerprint density at radius 2 is 2.12 bits per heavy atom. The van der Waals surface area contributed by atoms with Crippen molar-refractivity contribution in [3.8, 4) is 0 Å². The SMILES string of the molecule is CNC(C)CNC(=O)c1cc(F)ccc1C.Cl. The molecule has 1 unspecified atom stereocenters. The van der Waals surface area contributed by atoms with Crippen LogP contribution in [0.5, 0.6) is 0 Å². The summed E-state index contributed by atoms with van der Waals surface area (Å²) < 4.78 is 13.0. The van der Waals surface area contributed by atoms with Gasteiger partial charge in [0.25, 0.3) is 5.91 Å². The maximum Gasteiger partial charge on any atom is 0.251 e. The number of nitrogens with one attached hydrogen (secondary N) is 2. The van der Waals surface area contributed by atoms with E-state index in [1.165, 1.54) is 12.1 Å². The molecule has 0 bridgehead atoms. The van der Waals surface area contributed by atoms with E-state index >= 15 is 0 Å². The van der Waals surface area contributed by atoms with Gasteiger partial charge in [-0.1, -0.05) is 6.07 Å². The van der Waals surface area contributed by atoms with Gasteiger partial charge in [0, 0.05) is 18.2 Å². The lowest BCUT2D eigenvalue weighted by Crippen LogP contribution is -2.37. The lowest BCUT2D eigenvalue weighted by molar-refractivity contribution is 0.0949. The van der Waals surface area contributed by atoms with Crippen molar-refractivity contribution in [2.75, 3.05) is 13.6 Å². The van der Waals surface area contributed by atoms with Gasteiger partial charge < -0.3 is 10.6 Å². The van der Waals surface area contributed by atoms with Gasteiger partial charge in [-0.2, -0.15) is 0 Å². The number of rotatable bonds is 4. The summed E-state index contributed by atoms with van der Waals surface area (Å²) in [5, 5.41) is 5.76. The van der Waals surface area contributed by atoms with Gasteiger partial charge in [0.2, 0.25) is 0 Å². The van der Waals surface area contributed by atoms with E-state index in [1.54, 1.807) is 13.0 Å². The summed E-state index contributed by atoms with van der Waals surface area (Å²) >= 11 is 0. The summed E-state index contributed by atoms with van der Waals surface area (Å²) in [4.78, 5) is 11.7. The number of likely N-dealkylation sites (N-methyl/N-ethyl adjacent to an activating group) is 1. The van der Waals surface area contributed by atoms with Gasteiger partial charge in [0.15, 0.2) is 0 Å². The van der Waals surface area contributed by atoms with Crippen LogP contribution in [-0.2, 0) is 0 Å². The van der Waals surface area contributed by atoms with Gasteiger partial charge >= 0.3 is 0 Å². The first-order valence-corrected chi connectivity index (χ1v) is 5.26. The maximum absolute atomic E-state index is 13.0. The number of hydrogen-bond donors (Lipinski definition) is 2. The lowest BCUT2D eigenvalue weighted by atomic mass is 10.1. The van der Waals surface area contributed by atoms with E-state index in [0.29, 0.717) is 12.1 Å². The van der Waals surface area contributed by atoms with E-state index in [4.69, 9.17) is 0 Å². The largest absolute Gasteiger partial charge is 0.350 e. The highest BCUT2D eigenvalue weighted by Crippen LogP contribution is 2.09. The van der Waals surface area contributed by atoms with Crippen molar-refractivity contribution in [1.29, 1.82) is 0 Å². The second-order valence-corrected chi connectivity index (χ2v) is 3.86. The highest BCUT2D eigenvalue weighted by molar-refractivity contribution is 5.95. The molecule has 0 aliphatic carbocycles. The Morgan fingerprint density at radius 1 is 1.47 bits per heavy atom. The first kappa shape index (κ1) is 15.9. The Balaban J connectivity index is 0.00000256. The molecule has 0 heterocycles. The average Bonchev–Trinajstić information content (AvgIpc) is 2.28. The van der Waals surface area contributed by atoms with E-state index in [1.807, 2.05) is 14.0 Å². The summed E-state index contributed by atoms with van der Waals surface area (Å²) in [5.41, 5.74) is 1.17. The maximum atomic E-state index is 13.0. The standard InChI is InChI=1S/C12H17FN2O.ClH/c1-8-4-5-10(13)6-11(8)12(16)15-7-9(2)14-3;/h4-6,9,14H,7H2,1-3H3,(H,15,16);1H. The second kappa shape index (κ2) is 7.25. The number of benzene rings is 1. The molecule has 0 aliphatic heterocycles. The van der Waals surface area contributed by atoms with Gasteiger partial charge in [0.05, 0.1) is 0 Å². The zero-order valence-electron chi connectivity index (χ0n) is 10.2. The van der Waals surface area contributed by atoms with E-state index < -0.39 is 5.82 Å². The molecule has 1 aromatic rings. The van der Waals surface area contributed by atoms with Crippen LogP contribution in [-0.4, -0.2) is 25.5 Å². The van der Waals surface area contributed by atoms with Crippen LogP contribution in [0.2, 0.25) is 0 Å². The molecule has 1 aromatic carbocycles. The minimum absolute atomic E-state index is 0. The molecule has 3 nitrogen and oxygen atoms in total. The van der Waals surface area contributed by atoms with Crippen molar-refractivity contribution in [1.82, 2.24) is 10.6 Å². The second-order valence-electron chi connectivity index (χ2n) is 3.86. The van der Waals surface area contributed by atoms with Gasteiger partial charge in [-0.15, -0.1) is 12.4 Å². The van der Waals surface area contributed by atoms with Crippen LogP contribution in [0, 0.1) is 12.7 Å². The highest BCUT2D eigenvalue weighted by Gasteiger charge is 2.10. The molecule has 17 heavy (non-hydrogen) atoms. The molecule has 1 amide bonds. The van der Waals surface area contributed by atoms with Crippen LogP contribution in [0.25, 0.3) is 0 Å². The van der Waals surface area contributed by atoms with Gasteiger partial charge in [0.1, 0.15) is 5.82 Å². The minimum atomic E-state index is -0.391. The molecule has 1 atom stereocenters. The van der Waals surface area contributed by atoms with E-state index in [-0.39, 0.29) is 24.4 Å². The van der Waals surface area contributed by atoms with Crippen LogP contribution in [0.1, 0.15) is 22.8 Å². The van der Waals surface area contributed by atoms with Gasteiger partial charge in [-0.3, -0.25) is 4.79 Å². The predicted octanol–water partition coefficient (Wildman–Crippen LogP) is 1.89. The van der Waals surface area contributed by atoms with Crippen LogP contribution in [0.4, 0.5) is 4.39 Å². The molecule has 0 aliphatic rings. The number of hydrogen-bond acceptors (Lipinski definition) is 2. The van der Waals surface area contributed by atoms with Crippen molar-refractivity contribution < 1.29 is 9.18 Å². The number of carbonyl (C=O) groups is 1. The van der Waals surface area contributed by atoms with Crippen molar-refractivity contribution in [2.45, 2.75) is 19.9 Å². The fraction of sp³-hybridized carbons (Fsp3) is 0.417.